The molecule has 0 fully saturated rings. The lowest BCUT2D eigenvalue weighted by Gasteiger charge is -2.31. The molecule has 1 aliphatic heterocycles. The highest BCUT2D eigenvalue weighted by Gasteiger charge is 2.42. The maximum atomic E-state index is 13.5. The molecule has 41 heavy (non-hydrogen) atoms. The first-order chi connectivity index (χ1) is 19.8. The molecule has 212 valence electrons. The van der Waals surface area contributed by atoms with Crippen LogP contribution in [0.25, 0.3) is 0 Å². The van der Waals surface area contributed by atoms with Gasteiger partial charge in [-0.2, -0.15) is 0 Å². The van der Waals surface area contributed by atoms with Crippen LogP contribution in [0.1, 0.15) is 25.3 Å². The van der Waals surface area contributed by atoms with Gasteiger partial charge < -0.3 is 9.47 Å². The van der Waals surface area contributed by atoms with Gasteiger partial charge in [0.1, 0.15) is 19.1 Å². The third-order valence-corrected chi connectivity index (χ3v) is 8.36. The van der Waals surface area contributed by atoms with Gasteiger partial charge in [-0.3, -0.25) is 19.9 Å². The Labute approximate surface area is 247 Å². The molecule has 8 nitrogen and oxygen atoms in total. The zero-order valence-electron chi connectivity index (χ0n) is 22.7. The third-order valence-electron chi connectivity index (χ3n) is 6.41. The second-order valence-corrected chi connectivity index (χ2v) is 11.5. The third kappa shape index (κ3) is 8.08. The van der Waals surface area contributed by atoms with Crippen molar-refractivity contribution in [1.29, 1.82) is 0 Å². The van der Waals surface area contributed by atoms with Crippen LogP contribution in [0, 0.1) is 16.0 Å². The van der Waals surface area contributed by atoms with Gasteiger partial charge >= 0.3 is 11.9 Å². The molecule has 0 saturated carbocycles. The van der Waals surface area contributed by atoms with E-state index in [-0.39, 0.29) is 24.5 Å². The van der Waals surface area contributed by atoms with Gasteiger partial charge in [0.05, 0.1) is 10.5 Å². The summed E-state index contributed by atoms with van der Waals surface area (Å²) in [7, 11) is 0. The summed E-state index contributed by atoms with van der Waals surface area (Å²) in [5, 5.41) is 11.6. The first kappa shape index (κ1) is 30.1. The van der Waals surface area contributed by atoms with E-state index in [1.54, 1.807) is 49.5 Å². The van der Waals surface area contributed by atoms with Crippen molar-refractivity contribution in [2.45, 2.75) is 29.6 Å². The summed E-state index contributed by atoms with van der Waals surface area (Å²) in [6, 6.07) is 25.5. The molecule has 2 atom stereocenters. The van der Waals surface area contributed by atoms with Crippen LogP contribution in [-0.4, -0.2) is 47.3 Å². The standard InChI is InChI=1S/C31H30N2O6S2/c1-21-27(30(34)38-16-18-40-25-12-5-3-6-13-25)29(23-10-9-11-24(20-23)33(36)37)28(22(2)32-21)31(35)39-17-19-41-26-14-7-4-8-15-26/h3-15,20,27,29H,16-19H2,1-2H3. The van der Waals surface area contributed by atoms with Crippen LogP contribution in [0.15, 0.2) is 111 Å². The predicted molar refractivity (Wildman–Crippen MR) is 161 cm³/mol. The highest BCUT2D eigenvalue weighted by molar-refractivity contribution is 7.99. The molecule has 3 aromatic carbocycles. The van der Waals surface area contributed by atoms with E-state index < -0.39 is 28.7 Å². The minimum atomic E-state index is -0.941. The molecule has 0 N–H and O–H groups in total. The second kappa shape index (κ2) is 14.7. The van der Waals surface area contributed by atoms with Crippen molar-refractivity contribution >= 4 is 46.9 Å². The Kier molecular flexibility index (Phi) is 10.8. The Balaban J connectivity index is 1.53. The molecule has 0 bridgehead atoms. The molecule has 0 spiro atoms. The average molecular weight is 591 g/mol. The molecule has 0 saturated heterocycles. The van der Waals surface area contributed by atoms with Crippen molar-refractivity contribution < 1.29 is 24.0 Å². The first-order valence-corrected chi connectivity index (χ1v) is 15.0. The number of carbonyl (C=O) groups excluding carboxylic acids is 2. The number of rotatable bonds is 12. The number of carbonyl (C=O) groups is 2. The minimum Gasteiger partial charge on any atom is -0.464 e. The van der Waals surface area contributed by atoms with Crippen molar-refractivity contribution in [3.05, 3.63) is 112 Å². The van der Waals surface area contributed by atoms with Gasteiger partial charge in [-0.15, -0.1) is 23.5 Å². The average Bonchev–Trinajstić information content (AvgIpc) is 2.98. The van der Waals surface area contributed by atoms with E-state index >= 15 is 0 Å². The first-order valence-electron chi connectivity index (χ1n) is 13.0. The quantitative estimate of drug-likeness (QED) is 0.0753. The lowest BCUT2D eigenvalue weighted by Crippen LogP contribution is -2.37. The zero-order chi connectivity index (χ0) is 29.2. The van der Waals surface area contributed by atoms with Crippen LogP contribution in [0.3, 0.4) is 0 Å². The van der Waals surface area contributed by atoms with Gasteiger partial charge in [0.2, 0.25) is 0 Å². The number of thioether (sulfide) groups is 2. The van der Waals surface area contributed by atoms with Gasteiger partial charge in [0.25, 0.3) is 5.69 Å². The lowest BCUT2D eigenvalue weighted by atomic mass is 9.75. The fraction of sp³-hybridized carbons (Fsp3) is 0.258. The van der Waals surface area contributed by atoms with Crippen molar-refractivity contribution in [3.8, 4) is 0 Å². The molecule has 1 heterocycles. The molecule has 1 aliphatic rings. The van der Waals surface area contributed by atoms with Gasteiger partial charge in [0, 0.05) is 50.8 Å². The van der Waals surface area contributed by atoms with E-state index in [1.165, 1.54) is 12.1 Å². The molecule has 0 radical (unpaired) electrons. The van der Waals surface area contributed by atoms with Crippen molar-refractivity contribution in [1.82, 2.24) is 0 Å². The molecule has 4 rings (SSSR count). The Bertz CT molecular complexity index is 1440. The van der Waals surface area contributed by atoms with Crippen molar-refractivity contribution in [3.63, 3.8) is 0 Å². The van der Waals surface area contributed by atoms with Gasteiger partial charge in [0.15, 0.2) is 0 Å². The number of allylic oxidation sites excluding steroid dienone is 1. The number of non-ortho nitro benzene ring substituents is 1. The maximum Gasteiger partial charge on any atom is 0.336 e. The summed E-state index contributed by atoms with van der Waals surface area (Å²) < 4.78 is 11.3. The highest BCUT2D eigenvalue weighted by Crippen LogP contribution is 2.41. The molecular weight excluding hydrogens is 560 g/mol. The van der Waals surface area contributed by atoms with E-state index in [0.717, 1.165) is 9.79 Å². The second-order valence-electron chi connectivity index (χ2n) is 9.19. The van der Waals surface area contributed by atoms with Gasteiger partial charge in [-0.25, -0.2) is 4.79 Å². The topological polar surface area (TPSA) is 108 Å². The van der Waals surface area contributed by atoms with Crippen LogP contribution < -0.4 is 0 Å². The number of aliphatic imine (C=N–C) groups is 1. The summed E-state index contributed by atoms with van der Waals surface area (Å²) >= 11 is 3.12. The maximum absolute atomic E-state index is 13.5. The molecule has 10 heteroatoms. The molecule has 2 unspecified atom stereocenters. The predicted octanol–water partition coefficient (Wildman–Crippen LogP) is 6.71. The Morgan fingerprint density at radius 3 is 2.02 bits per heavy atom. The number of nitro benzene ring substituents is 1. The number of benzene rings is 3. The zero-order valence-corrected chi connectivity index (χ0v) is 24.4. The van der Waals surface area contributed by atoms with Crippen molar-refractivity contribution in [2.75, 3.05) is 24.7 Å². The fourth-order valence-corrected chi connectivity index (χ4v) is 6.10. The van der Waals surface area contributed by atoms with Crippen LogP contribution in [0.4, 0.5) is 5.69 Å². The Morgan fingerprint density at radius 2 is 1.44 bits per heavy atom. The largest absolute Gasteiger partial charge is 0.464 e. The summed E-state index contributed by atoms with van der Waals surface area (Å²) in [6.45, 7) is 3.69. The Morgan fingerprint density at radius 1 is 0.854 bits per heavy atom. The molecule has 0 aliphatic carbocycles. The van der Waals surface area contributed by atoms with Crippen LogP contribution in [0.5, 0.6) is 0 Å². The number of ether oxygens (including phenoxy) is 2. The van der Waals surface area contributed by atoms with Crippen LogP contribution in [0.2, 0.25) is 0 Å². The van der Waals surface area contributed by atoms with E-state index in [9.17, 15) is 19.7 Å². The van der Waals surface area contributed by atoms with Crippen molar-refractivity contribution in [2.24, 2.45) is 10.9 Å². The number of esters is 2. The summed E-state index contributed by atoms with van der Waals surface area (Å²) in [5.74, 6) is -1.87. The molecule has 0 aromatic heterocycles. The summed E-state index contributed by atoms with van der Waals surface area (Å²) in [6.07, 6.45) is 0. The number of hydrogen-bond donors (Lipinski definition) is 0. The fourth-order valence-electron chi connectivity index (χ4n) is 4.60. The van der Waals surface area contributed by atoms with Crippen LogP contribution >= 0.6 is 23.5 Å². The molecule has 0 amide bonds. The molecule has 3 aromatic rings. The summed E-state index contributed by atoms with van der Waals surface area (Å²) in [5.41, 5.74) is 1.37. The van der Waals surface area contributed by atoms with Gasteiger partial charge in [-0.05, 0) is 43.7 Å². The van der Waals surface area contributed by atoms with Gasteiger partial charge in [-0.1, -0.05) is 48.5 Å². The van der Waals surface area contributed by atoms with E-state index in [1.807, 2.05) is 60.7 Å². The van der Waals surface area contributed by atoms with E-state index in [0.29, 0.717) is 28.5 Å². The smallest absolute Gasteiger partial charge is 0.336 e. The lowest BCUT2D eigenvalue weighted by molar-refractivity contribution is -0.384. The number of hydrogen-bond acceptors (Lipinski definition) is 9. The number of nitrogens with zero attached hydrogens (tertiary/aromatic N) is 2. The van der Waals surface area contributed by atoms with E-state index in [4.69, 9.17) is 9.47 Å². The number of nitro groups is 1. The highest BCUT2D eigenvalue weighted by atomic mass is 32.2. The monoisotopic (exact) mass is 590 g/mol. The molecular formula is C31H30N2O6S2. The normalized spacial score (nSPS) is 16.6. The van der Waals surface area contributed by atoms with Crippen LogP contribution in [-0.2, 0) is 19.1 Å². The summed E-state index contributed by atoms with van der Waals surface area (Å²) in [4.78, 5) is 44.6. The Hall–Kier alpha value is -3.89. The SMILES string of the molecule is CC1=NC(C)=C(C(=O)OCCSc2ccccc2)C(c2cccc([N+](=O)[O-])c2)C1C(=O)OCCSc1ccccc1. The van der Waals surface area contributed by atoms with E-state index in [2.05, 4.69) is 4.99 Å². The minimum absolute atomic E-state index is 0.140.